The highest BCUT2D eigenvalue weighted by molar-refractivity contribution is 6.01. The van der Waals surface area contributed by atoms with E-state index in [1.54, 1.807) is 0 Å². The van der Waals surface area contributed by atoms with Gasteiger partial charge in [-0.3, -0.25) is 14.9 Å². The maximum Gasteiger partial charge on any atom is 0.416 e. The number of nitro groups is 1. The zero-order chi connectivity index (χ0) is 17.5. The first kappa shape index (κ1) is 15.7. The molecule has 8 heteroatoms. The minimum atomic E-state index is -4.47. The van der Waals surface area contributed by atoms with Crippen LogP contribution < -0.4 is 5.56 Å². The van der Waals surface area contributed by atoms with E-state index >= 15 is 0 Å². The van der Waals surface area contributed by atoms with Gasteiger partial charge < -0.3 is 4.98 Å². The molecule has 0 amide bonds. The number of H-pyrrole nitrogens is 1. The zero-order valence-electron chi connectivity index (χ0n) is 11.9. The van der Waals surface area contributed by atoms with Gasteiger partial charge in [0, 0.05) is 17.8 Å². The summed E-state index contributed by atoms with van der Waals surface area (Å²) in [6, 6.07) is 8.26. The minimum Gasteiger partial charge on any atom is -0.328 e. The monoisotopic (exact) mass is 334 g/mol. The number of hydrogen-bond donors (Lipinski definition) is 1. The quantitative estimate of drug-likeness (QED) is 0.566. The van der Waals surface area contributed by atoms with E-state index in [1.165, 1.54) is 36.5 Å². The van der Waals surface area contributed by atoms with Gasteiger partial charge in [0.2, 0.25) is 0 Å². The van der Waals surface area contributed by atoms with Crippen molar-refractivity contribution in [2.45, 2.75) is 6.18 Å². The summed E-state index contributed by atoms with van der Waals surface area (Å²) < 4.78 is 38.0. The third kappa shape index (κ3) is 2.62. The Morgan fingerprint density at radius 2 is 1.71 bits per heavy atom. The van der Waals surface area contributed by atoms with E-state index in [1.807, 2.05) is 0 Å². The highest BCUT2D eigenvalue weighted by Gasteiger charge is 2.30. The molecule has 0 spiro atoms. The lowest BCUT2D eigenvalue weighted by Crippen LogP contribution is -2.07. The lowest BCUT2D eigenvalue weighted by Gasteiger charge is -2.09. The summed E-state index contributed by atoms with van der Waals surface area (Å²) in [5.74, 6) is 0. The SMILES string of the molecule is O=c1[nH]cc(-c2ccc(C(F)(F)F)cc2)c2c([N+](=O)[O-])cccc12. The zero-order valence-corrected chi connectivity index (χ0v) is 11.9. The molecule has 0 unspecified atom stereocenters. The summed E-state index contributed by atoms with van der Waals surface area (Å²) >= 11 is 0. The fourth-order valence-corrected chi connectivity index (χ4v) is 2.52. The van der Waals surface area contributed by atoms with Gasteiger partial charge in [-0.2, -0.15) is 13.2 Å². The van der Waals surface area contributed by atoms with Gasteiger partial charge in [-0.25, -0.2) is 0 Å². The highest BCUT2D eigenvalue weighted by atomic mass is 19.4. The molecule has 0 saturated carbocycles. The summed E-state index contributed by atoms with van der Waals surface area (Å²) in [6.45, 7) is 0. The molecule has 122 valence electrons. The number of nitrogens with one attached hydrogen (secondary N) is 1. The maximum atomic E-state index is 12.7. The topological polar surface area (TPSA) is 76.0 Å². The molecule has 1 aromatic heterocycles. The Kier molecular flexibility index (Phi) is 3.59. The molecule has 0 aliphatic rings. The molecular weight excluding hydrogens is 325 g/mol. The van der Waals surface area contributed by atoms with Crippen molar-refractivity contribution >= 4 is 16.5 Å². The van der Waals surface area contributed by atoms with E-state index in [-0.39, 0.29) is 22.0 Å². The van der Waals surface area contributed by atoms with Crippen molar-refractivity contribution in [3.8, 4) is 11.1 Å². The summed E-state index contributed by atoms with van der Waals surface area (Å²) in [5, 5.41) is 11.4. The number of aromatic amines is 1. The van der Waals surface area contributed by atoms with E-state index in [4.69, 9.17) is 0 Å². The smallest absolute Gasteiger partial charge is 0.328 e. The van der Waals surface area contributed by atoms with Crippen LogP contribution in [0.2, 0.25) is 0 Å². The number of alkyl halides is 3. The molecule has 24 heavy (non-hydrogen) atoms. The number of pyridine rings is 1. The van der Waals surface area contributed by atoms with E-state index < -0.39 is 22.2 Å². The second kappa shape index (κ2) is 5.48. The molecule has 1 N–H and O–H groups in total. The lowest BCUT2D eigenvalue weighted by molar-refractivity contribution is -0.383. The predicted molar refractivity (Wildman–Crippen MR) is 81.7 cm³/mol. The average molecular weight is 334 g/mol. The van der Waals surface area contributed by atoms with Crippen molar-refractivity contribution in [3.05, 3.63) is 74.7 Å². The lowest BCUT2D eigenvalue weighted by atomic mass is 9.98. The Hall–Kier alpha value is -3.16. The van der Waals surface area contributed by atoms with Crippen LogP contribution in [0.15, 0.2) is 53.5 Å². The molecule has 0 radical (unpaired) electrons. The summed E-state index contributed by atoms with van der Waals surface area (Å²) in [7, 11) is 0. The van der Waals surface area contributed by atoms with E-state index in [0.717, 1.165) is 12.1 Å². The van der Waals surface area contributed by atoms with Crippen LogP contribution in [0.1, 0.15) is 5.56 Å². The van der Waals surface area contributed by atoms with Crippen molar-refractivity contribution in [3.63, 3.8) is 0 Å². The van der Waals surface area contributed by atoms with Gasteiger partial charge in [-0.15, -0.1) is 0 Å². The van der Waals surface area contributed by atoms with Crippen LogP contribution in [0.5, 0.6) is 0 Å². The molecule has 5 nitrogen and oxygen atoms in total. The average Bonchev–Trinajstić information content (AvgIpc) is 2.54. The first-order valence-electron chi connectivity index (χ1n) is 6.75. The highest BCUT2D eigenvalue weighted by Crippen LogP contribution is 2.35. The fourth-order valence-electron chi connectivity index (χ4n) is 2.52. The van der Waals surface area contributed by atoms with Crippen LogP contribution >= 0.6 is 0 Å². The third-order valence-corrected chi connectivity index (χ3v) is 3.62. The Labute approximate surface area is 132 Å². The number of nitrogens with zero attached hydrogens (tertiary/aromatic N) is 1. The minimum absolute atomic E-state index is 0.0889. The van der Waals surface area contributed by atoms with Crippen LogP contribution in [-0.2, 0) is 6.18 Å². The van der Waals surface area contributed by atoms with Crippen LogP contribution in [0, 0.1) is 10.1 Å². The number of rotatable bonds is 2. The standard InChI is InChI=1S/C16H9F3N2O3/c17-16(18,19)10-6-4-9(5-7-10)12-8-20-15(22)11-2-1-3-13(14(11)12)21(23)24/h1-8H,(H,20,22). The molecule has 3 rings (SSSR count). The van der Waals surface area contributed by atoms with Crippen LogP contribution in [-0.4, -0.2) is 9.91 Å². The second-order valence-electron chi connectivity index (χ2n) is 5.06. The number of halogens is 3. The van der Waals surface area contributed by atoms with E-state index in [2.05, 4.69) is 4.98 Å². The normalized spacial score (nSPS) is 11.6. The molecule has 2 aromatic carbocycles. The van der Waals surface area contributed by atoms with Crippen LogP contribution in [0.3, 0.4) is 0 Å². The number of hydrogen-bond acceptors (Lipinski definition) is 3. The summed E-state index contributed by atoms with van der Waals surface area (Å²) in [5.41, 5.74) is -1.00. The Morgan fingerprint density at radius 3 is 2.29 bits per heavy atom. The van der Waals surface area contributed by atoms with Crippen molar-refractivity contribution < 1.29 is 18.1 Å². The van der Waals surface area contributed by atoms with Crippen LogP contribution in [0.4, 0.5) is 18.9 Å². The molecule has 0 atom stereocenters. The van der Waals surface area contributed by atoms with Crippen molar-refractivity contribution in [2.75, 3.05) is 0 Å². The maximum absolute atomic E-state index is 12.7. The van der Waals surface area contributed by atoms with Crippen LogP contribution in [0.25, 0.3) is 21.9 Å². The Bertz CT molecular complexity index is 992. The van der Waals surface area contributed by atoms with Gasteiger partial charge in [-0.05, 0) is 23.8 Å². The van der Waals surface area contributed by atoms with Gasteiger partial charge >= 0.3 is 6.18 Å². The molecule has 0 aliphatic heterocycles. The van der Waals surface area contributed by atoms with Crippen molar-refractivity contribution in [1.82, 2.24) is 4.98 Å². The number of fused-ring (bicyclic) bond motifs is 1. The number of benzene rings is 2. The second-order valence-corrected chi connectivity index (χ2v) is 5.06. The molecule has 0 aliphatic carbocycles. The molecular formula is C16H9F3N2O3. The van der Waals surface area contributed by atoms with Gasteiger partial charge in [0.1, 0.15) is 0 Å². The fraction of sp³-hybridized carbons (Fsp3) is 0.0625. The van der Waals surface area contributed by atoms with Gasteiger partial charge in [0.25, 0.3) is 11.2 Å². The molecule has 0 fully saturated rings. The predicted octanol–water partition coefficient (Wildman–Crippen LogP) is 4.12. The molecule has 1 heterocycles. The van der Waals surface area contributed by atoms with E-state index in [9.17, 15) is 28.1 Å². The van der Waals surface area contributed by atoms with Crippen molar-refractivity contribution in [1.29, 1.82) is 0 Å². The molecule has 3 aromatic rings. The van der Waals surface area contributed by atoms with Gasteiger partial charge in [0.15, 0.2) is 0 Å². The van der Waals surface area contributed by atoms with Gasteiger partial charge in [0.05, 0.1) is 21.3 Å². The first-order chi connectivity index (χ1) is 11.3. The van der Waals surface area contributed by atoms with E-state index in [0.29, 0.717) is 5.56 Å². The molecule has 0 saturated heterocycles. The molecule has 0 bridgehead atoms. The number of aromatic nitrogens is 1. The van der Waals surface area contributed by atoms with Crippen molar-refractivity contribution in [2.24, 2.45) is 0 Å². The Morgan fingerprint density at radius 1 is 1.04 bits per heavy atom. The first-order valence-corrected chi connectivity index (χ1v) is 6.75. The summed E-state index contributed by atoms with van der Waals surface area (Å²) in [4.78, 5) is 25.0. The number of non-ortho nitro benzene ring substituents is 1. The summed E-state index contributed by atoms with van der Waals surface area (Å²) in [6.07, 6.45) is -3.21. The third-order valence-electron chi connectivity index (χ3n) is 3.62. The largest absolute Gasteiger partial charge is 0.416 e. The van der Waals surface area contributed by atoms with Gasteiger partial charge in [-0.1, -0.05) is 18.2 Å². The number of nitro benzene ring substituents is 1. The Balaban J connectivity index is 2.29.